The minimum Gasteiger partial charge on any atom is -0.385 e. The summed E-state index contributed by atoms with van der Waals surface area (Å²) < 4.78 is 27.7. The highest BCUT2D eigenvalue weighted by molar-refractivity contribution is 5.93. The third kappa shape index (κ3) is 3.22. The molecule has 0 amide bonds. The minimum absolute atomic E-state index is 0.0441. The van der Waals surface area contributed by atoms with Crippen LogP contribution in [0.15, 0.2) is 30.3 Å². The van der Waals surface area contributed by atoms with Crippen molar-refractivity contribution < 1.29 is 23.8 Å². The average molecular weight is 379 g/mol. The number of alkyl halides is 2. The van der Waals surface area contributed by atoms with Crippen LogP contribution in [-0.2, 0) is 10.4 Å². The first kappa shape index (κ1) is 19.0. The van der Waals surface area contributed by atoms with E-state index in [1.54, 1.807) is 30.3 Å². The first-order valence-electron chi connectivity index (χ1n) is 9.87. The van der Waals surface area contributed by atoms with Gasteiger partial charge in [-0.3, -0.25) is 4.79 Å². The topological polar surface area (TPSA) is 69.6 Å². The van der Waals surface area contributed by atoms with Crippen molar-refractivity contribution in [1.29, 1.82) is 0 Å². The molecule has 3 N–H and O–H groups in total. The minimum atomic E-state index is -2.88. The first-order chi connectivity index (χ1) is 12.8. The Bertz CT molecular complexity index is 705. The molecule has 4 rings (SSSR count). The van der Waals surface area contributed by atoms with Crippen LogP contribution in [0.25, 0.3) is 0 Å². The number of aliphatic hydroxyl groups is 2. The van der Waals surface area contributed by atoms with Gasteiger partial charge in [0, 0.05) is 18.8 Å². The number of nitrogens with one attached hydrogen (secondary N) is 1. The fourth-order valence-electron chi connectivity index (χ4n) is 5.31. The van der Waals surface area contributed by atoms with Gasteiger partial charge < -0.3 is 15.5 Å². The lowest BCUT2D eigenvalue weighted by atomic mass is 9.74. The summed E-state index contributed by atoms with van der Waals surface area (Å²) in [6, 6.07) is 8.29. The summed E-state index contributed by atoms with van der Waals surface area (Å²) >= 11 is 0. The van der Waals surface area contributed by atoms with Gasteiger partial charge in [-0.2, -0.15) is 0 Å². The number of halogens is 2. The molecule has 3 aliphatic rings. The maximum Gasteiger partial charge on any atom is 0.248 e. The van der Waals surface area contributed by atoms with Gasteiger partial charge in [-0.15, -0.1) is 0 Å². The van der Waals surface area contributed by atoms with E-state index in [0.717, 1.165) is 32.4 Å². The maximum atomic E-state index is 13.9. The third-order valence-corrected chi connectivity index (χ3v) is 7.09. The Labute approximate surface area is 158 Å². The molecule has 1 aromatic rings. The molecular weight excluding hydrogens is 352 g/mol. The zero-order valence-electron chi connectivity index (χ0n) is 15.3. The lowest BCUT2D eigenvalue weighted by Crippen LogP contribution is -2.49. The van der Waals surface area contributed by atoms with E-state index in [1.807, 2.05) is 0 Å². The molecule has 27 heavy (non-hydrogen) atoms. The molecule has 0 aromatic heterocycles. The summed E-state index contributed by atoms with van der Waals surface area (Å²) in [6.45, 7) is 1.71. The van der Waals surface area contributed by atoms with E-state index in [0.29, 0.717) is 5.56 Å². The molecule has 2 aliphatic carbocycles. The van der Waals surface area contributed by atoms with E-state index in [9.17, 15) is 23.8 Å². The molecule has 1 spiro atoms. The van der Waals surface area contributed by atoms with Crippen molar-refractivity contribution in [2.45, 2.75) is 56.2 Å². The Hall–Kier alpha value is -1.37. The van der Waals surface area contributed by atoms with E-state index in [4.69, 9.17) is 0 Å². The number of benzene rings is 1. The SMILES string of the molecule is O=C(C(O)C1CC12CCNCC2)[C@](O)(c1ccccc1)[C@@H]1CCC(F)(F)C1. The number of carbonyl (C=O) groups is 1. The van der Waals surface area contributed by atoms with Gasteiger partial charge in [-0.05, 0) is 55.7 Å². The van der Waals surface area contributed by atoms with Gasteiger partial charge in [-0.25, -0.2) is 8.78 Å². The van der Waals surface area contributed by atoms with E-state index >= 15 is 0 Å². The molecule has 0 radical (unpaired) electrons. The van der Waals surface area contributed by atoms with Crippen molar-refractivity contribution in [3.63, 3.8) is 0 Å². The number of aliphatic hydroxyl groups excluding tert-OH is 1. The summed E-state index contributed by atoms with van der Waals surface area (Å²) in [4.78, 5) is 13.3. The van der Waals surface area contributed by atoms with Crippen molar-refractivity contribution in [2.24, 2.45) is 17.3 Å². The second-order valence-electron chi connectivity index (χ2n) is 8.66. The lowest BCUT2D eigenvalue weighted by Gasteiger charge is -2.35. The average Bonchev–Trinajstić information content (AvgIpc) is 3.23. The zero-order valence-corrected chi connectivity index (χ0v) is 15.3. The highest BCUT2D eigenvalue weighted by atomic mass is 19.3. The van der Waals surface area contributed by atoms with Crippen LogP contribution in [0.3, 0.4) is 0 Å². The highest BCUT2D eigenvalue weighted by Gasteiger charge is 2.62. The molecule has 1 aliphatic heterocycles. The van der Waals surface area contributed by atoms with Crippen LogP contribution in [0.1, 0.15) is 44.1 Å². The Morgan fingerprint density at radius 2 is 1.81 bits per heavy atom. The Kier molecular flexibility index (Phi) is 4.64. The Balaban J connectivity index is 1.62. The number of piperidine rings is 1. The van der Waals surface area contributed by atoms with Crippen molar-refractivity contribution >= 4 is 5.78 Å². The Morgan fingerprint density at radius 1 is 1.15 bits per heavy atom. The van der Waals surface area contributed by atoms with Crippen LogP contribution in [-0.4, -0.2) is 41.1 Å². The van der Waals surface area contributed by atoms with Crippen LogP contribution in [0, 0.1) is 17.3 Å². The number of hydrogen-bond acceptors (Lipinski definition) is 4. The number of Topliss-reactive ketones (excluding diaryl/α,β-unsaturated/α-hetero) is 1. The fraction of sp³-hybridized carbons (Fsp3) is 0.667. The second kappa shape index (κ2) is 6.61. The molecule has 2 unspecified atom stereocenters. The van der Waals surface area contributed by atoms with Crippen LogP contribution < -0.4 is 5.32 Å². The van der Waals surface area contributed by atoms with Gasteiger partial charge in [0.05, 0.1) is 0 Å². The fourth-order valence-corrected chi connectivity index (χ4v) is 5.31. The lowest BCUT2D eigenvalue weighted by molar-refractivity contribution is -0.157. The van der Waals surface area contributed by atoms with Gasteiger partial charge in [0.2, 0.25) is 5.92 Å². The Morgan fingerprint density at radius 3 is 2.41 bits per heavy atom. The second-order valence-corrected chi connectivity index (χ2v) is 8.66. The summed E-state index contributed by atoms with van der Waals surface area (Å²) in [5.41, 5.74) is -1.81. The largest absolute Gasteiger partial charge is 0.385 e. The molecule has 0 bridgehead atoms. The van der Waals surface area contributed by atoms with Gasteiger partial charge >= 0.3 is 0 Å². The molecule has 2 saturated carbocycles. The van der Waals surface area contributed by atoms with Crippen molar-refractivity contribution in [1.82, 2.24) is 5.32 Å². The van der Waals surface area contributed by atoms with E-state index < -0.39 is 35.7 Å². The first-order valence-corrected chi connectivity index (χ1v) is 9.87. The molecular formula is C21H27F2NO3. The standard InChI is InChI=1S/C21H27F2NO3/c22-20(23)7-6-15(12-20)21(27,14-4-2-1-3-5-14)18(26)17(25)16-13-19(16)8-10-24-11-9-19/h1-5,15-17,24-25,27H,6-13H2/t15-,16?,17?,21+/m1/s1. The molecule has 3 fully saturated rings. The molecule has 1 saturated heterocycles. The number of rotatable bonds is 5. The van der Waals surface area contributed by atoms with E-state index in [-0.39, 0.29) is 24.2 Å². The summed E-state index contributed by atoms with van der Waals surface area (Å²) in [5, 5.41) is 25.6. The van der Waals surface area contributed by atoms with Crippen LogP contribution in [0.5, 0.6) is 0 Å². The highest BCUT2D eigenvalue weighted by Crippen LogP contribution is 2.61. The van der Waals surface area contributed by atoms with Crippen molar-refractivity contribution in [2.75, 3.05) is 13.1 Å². The summed E-state index contributed by atoms with van der Waals surface area (Å²) in [5.74, 6) is -4.67. The van der Waals surface area contributed by atoms with Crippen LogP contribution >= 0.6 is 0 Å². The van der Waals surface area contributed by atoms with Gasteiger partial charge in [0.15, 0.2) is 11.4 Å². The normalized spacial score (nSPS) is 32.0. The van der Waals surface area contributed by atoms with Crippen LogP contribution in [0.2, 0.25) is 0 Å². The van der Waals surface area contributed by atoms with E-state index in [2.05, 4.69) is 5.32 Å². The van der Waals surface area contributed by atoms with Crippen molar-refractivity contribution in [3.05, 3.63) is 35.9 Å². The predicted molar refractivity (Wildman–Crippen MR) is 96.3 cm³/mol. The zero-order chi connectivity index (χ0) is 19.3. The summed E-state index contributed by atoms with van der Waals surface area (Å²) in [7, 11) is 0. The van der Waals surface area contributed by atoms with Gasteiger partial charge in [0.25, 0.3) is 0 Å². The molecule has 4 atom stereocenters. The number of hydrogen-bond donors (Lipinski definition) is 3. The maximum absolute atomic E-state index is 13.9. The van der Waals surface area contributed by atoms with Gasteiger partial charge in [-0.1, -0.05) is 30.3 Å². The summed E-state index contributed by atoms with van der Waals surface area (Å²) in [6.07, 6.45) is 0.429. The van der Waals surface area contributed by atoms with Gasteiger partial charge in [0.1, 0.15) is 6.10 Å². The predicted octanol–water partition coefficient (Wildman–Crippen LogP) is 2.63. The molecule has 4 nitrogen and oxygen atoms in total. The van der Waals surface area contributed by atoms with Crippen LogP contribution in [0.4, 0.5) is 8.78 Å². The van der Waals surface area contributed by atoms with Crippen molar-refractivity contribution in [3.8, 4) is 0 Å². The van der Waals surface area contributed by atoms with E-state index in [1.165, 1.54) is 0 Å². The quantitative estimate of drug-likeness (QED) is 0.736. The number of ketones is 1. The number of carbonyl (C=O) groups excluding carboxylic acids is 1. The molecule has 1 aromatic carbocycles. The molecule has 6 heteroatoms. The smallest absolute Gasteiger partial charge is 0.248 e. The molecule has 148 valence electrons. The third-order valence-electron chi connectivity index (χ3n) is 7.09. The molecule has 1 heterocycles. The monoisotopic (exact) mass is 379 g/mol.